The summed E-state index contributed by atoms with van der Waals surface area (Å²) in [5.41, 5.74) is 1.85. The number of rotatable bonds is 8. The maximum Gasteiger partial charge on any atom is 0.187 e. The van der Waals surface area contributed by atoms with E-state index >= 15 is 0 Å². The molecule has 0 saturated carbocycles. The molecule has 1 aromatic heterocycles. The number of carboxylic acid groups (broad SMARTS) is 1. The Kier molecular flexibility index (Phi) is 6.01. The number of nitrogens with one attached hydrogen (secondary N) is 1. The molecule has 0 saturated heterocycles. The molecule has 0 aliphatic carbocycles. The Bertz CT molecular complexity index is 877. The maximum atomic E-state index is 12.5. The van der Waals surface area contributed by atoms with Crippen LogP contribution in [0.2, 0.25) is 0 Å². The molecule has 0 radical (unpaired) electrons. The molecule has 0 spiro atoms. The molecule has 136 valence electrons. The summed E-state index contributed by atoms with van der Waals surface area (Å²) in [5.74, 6) is -0.523. The topological polar surface area (TPSA) is 91.5 Å². The highest BCUT2D eigenvalue weighted by Crippen LogP contribution is 2.28. The summed E-state index contributed by atoms with van der Waals surface area (Å²) in [4.78, 5) is 26.2. The van der Waals surface area contributed by atoms with Gasteiger partial charge in [0.15, 0.2) is 17.3 Å². The second kappa shape index (κ2) is 8.20. The molecule has 1 heterocycles. The molecular weight excluding hydrogens is 334 g/mol. The first-order valence-electron chi connectivity index (χ1n) is 7.93. The van der Waals surface area contributed by atoms with Crippen molar-refractivity contribution in [2.24, 2.45) is 0 Å². The summed E-state index contributed by atoms with van der Waals surface area (Å²) in [5, 5.41) is 11.1. The van der Waals surface area contributed by atoms with Gasteiger partial charge in [-0.1, -0.05) is 24.8 Å². The number of H-pyrrole nitrogens is 1. The molecule has 2 aromatic rings. The van der Waals surface area contributed by atoms with Crippen LogP contribution in [0.3, 0.4) is 0 Å². The van der Waals surface area contributed by atoms with E-state index in [0.29, 0.717) is 34.9 Å². The fraction of sp³-hybridized carbons (Fsp3) is 0.200. The Morgan fingerprint density at radius 1 is 1.27 bits per heavy atom. The van der Waals surface area contributed by atoms with Gasteiger partial charge in [0.2, 0.25) is 0 Å². The Morgan fingerprint density at radius 3 is 2.58 bits per heavy atom. The van der Waals surface area contributed by atoms with E-state index in [-0.39, 0.29) is 11.5 Å². The van der Waals surface area contributed by atoms with Crippen molar-refractivity contribution in [3.05, 3.63) is 65.0 Å². The quantitative estimate of drug-likeness (QED) is 0.447. The van der Waals surface area contributed by atoms with E-state index < -0.39 is 5.97 Å². The second-order valence-corrected chi connectivity index (χ2v) is 5.62. The van der Waals surface area contributed by atoms with Crippen molar-refractivity contribution >= 4 is 17.8 Å². The average molecular weight is 354 g/mol. The van der Waals surface area contributed by atoms with Gasteiger partial charge in [-0.3, -0.25) is 4.79 Å². The number of aryl methyl sites for hydroxylation is 1. The predicted octanol–water partition coefficient (Wildman–Crippen LogP) is 2.46. The molecule has 26 heavy (non-hydrogen) atoms. The lowest BCUT2D eigenvalue weighted by atomic mass is 10.0. The van der Waals surface area contributed by atoms with Gasteiger partial charge in [0.05, 0.1) is 18.8 Å². The number of carbonyl (C=O) groups excluding carboxylic acids is 2. The van der Waals surface area contributed by atoms with Crippen LogP contribution in [0.25, 0.3) is 6.08 Å². The Hall–Kier alpha value is -3.28. The van der Waals surface area contributed by atoms with E-state index in [0.717, 1.165) is 5.56 Å². The molecular formula is C20H20NO5-. The van der Waals surface area contributed by atoms with Crippen molar-refractivity contribution in [2.45, 2.75) is 13.8 Å². The Morgan fingerprint density at radius 2 is 2.00 bits per heavy atom. The standard InChI is InChI=1S/C20H21NO5/c1-5-10-26-16-9-7-14(11-17(16)25-4)6-8-15(22)18-12(2)19(20(23)24)21-13(18)3/h5-9,11,21H,1,10H2,2-4H3,(H,23,24)/p-1/b8-6+. The van der Waals surface area contributed by atoms with E-state index in [1.165, 1.54) is 13.2 Å². The van der Waals surface area contributed by atoms with Crippen LogP contribution in [-0.4, -0.2) is 30.5 Å². The van der Waals surface area contributed by atoms with Gasteiger partial charge in [0, 0.05) is 11.3 Å². The number of ether oxygens (including phenoxy) is 2. The first kappa shape index (κ1) is 19.1. The SMILES string of the molecule is C=CCOc1ccc(/C=C/C(=O)c2c(C)[nH]c(C(=O)[O-])c2C)cc1OC. The number of ketones is 1. The largest absolute Gasteiger partial charge is 0.543 e. The highest BCUT2D eigenvalue weighted by atomic mass is 16.5. The third-order valence-electron chi connectivity index (χ3n) is 3.86. The monoisotopic (exact) mass is 354 g/mol. The molecule has 0 fully saturated rings. The van der Waals surface area contributed by atoms with Crippen LogP contribution in [0.4, 0.5) is 0 Å². The summed E-state index contributed by atoms with van der Waals surface area (Å²) in [7, 11) is 1.53. The smallest absolute Gasteiger partial charge is 0.187 e. The van der Waals surface area contributed by atoms with Gasteiger partial charge in [-0.05, 0) is 43.2 Å². The predicted molar refractivity (Wildman–Crippen MR) is 96.6 cm³/mol. The molecule has 0 bridgehead atoms. The number of carbonyl (C=O) groups is 2. The molecule has 0 aliphatic rings. The van der Waals surface area contributed by atoms with E-state index in [2.05, 4.69) is 11.6 Å². The number of hydrogen-bond donors (Lipinski definition) is 1. The molecule has 0 aliphatic heterocycles. The zero-order chi connectivity index (χ0) is 19.3. The second-order valence-electron chi connectivity index (χ2n) is 5.62. The van der Waals surface area contributed by atoms with Crippen molar-refractivity contribution in [3.8, 4) is 11.5 Å². The minimum Gasteiger partial charge on any atom is -0.543 e. The third kappa shape index (κ3) is 4.03. The highest BCUT2D eigenvalue weighted by molar-refractivity contribution is 6.10. The molecule has 0 unspecified atom stereocenters. The molecule has 1 aromatic carbocycles. The fourth-order valence-corrected chi connectivity index (χ4v) is 2.63. The summed E-state index contributed by atoms with van der Waals surface area (Å²) in [6.07, 6.45) is 4.66. The van der Waals surface area contributed by atoms with Crippen LogP contribution in [0.1, 0.15) is 37.7 Å². The number of hydrogen-bond acceptors (Lipinski definition) is 5. The number of aromatic carboxylic acids is 1. The normalized spacial score (nSPS) is 10.7. The van der Waals surface area contributed by atoms with Crippen LogP contribution in [-0.2, 0) is 0 Å². The first-order valence-corrected chi connectivity index (χ1v) is 7.93. The van der Waals surface area contributed by atoms with Crippen LogP contribution < -0.4 is 14.6 Å². The Balaban J connectivity index is 2.26. The zero-order valence-electron chi connectivity index (χ0n) is 14.9. The maximum absolute atomic E-state index is 12.5. The lowest BCUT2D eigenvalue weighted by Crippen LogP contribution is -2.23. The first-order chi connectivity index (χ1) is 12.4. The lowest BCUT2D eigenvalue weighted by molar-refractivity contribution is -0.255. The van der Waals surface area contributed by atoms with Gasteiger partial charge in [-0.25, -0.2) is 0 Å². The fourth-order valence-electron chi connectivity index (χ4n) is 2.63. The molecule has 0 atom stereocenters. The molecule has 6 heteroatoms. The summed E-state index contributed by atoms with van der Waals surface area (Å²) >= 11 is 0. The van der Waals surface area contributed by atoms with Crippen LogP contribution in [0.15, 0.2) is 36.9 Å². The molecule has 6 nitrogen and oxygen atoms in total. The minimum absolute atomic E-state index is 0.0790. The van der Waals surface area contributed by atoms with Gasteiger partial charge in [-0.15, -0.1) is 0 Å². The van der Waals surface area contributed by atoms with Crippen molar-refractivity contribution in [3.63, 3.8) is 0 Å². The van der Waals surface area contributed by atoms with E-state index in [1.54, 1.807) is 44.2 Å². The Labute approximate surface area is 151 Å². The van der Waals surface area contributed by atoms with Crippen molar-refractivity contribution in [2.75, 3.05) is 13.7 Å². The third-order valence-corrected chi connectivity index (χ3v) is 3.86. The number of methoxy groups -OCH3 is 1. The van der Waals surface area contributed by atoms with Gasteiger partial charge < -0.3 is 24.4 Å². The van der Waals surface area contributed by atoms with Crippen molar-refractivity contribution < 1.29 is 24.2 Å². The molecule has 1 N–H and O–H groups in total. The van der Waals surface area contributed by atoms with Crippen molar-refractivity contribution in [1.29, 1.82) is 0 Å². The van der Waals surface area contributed by atoms with Gasteiger partial charge in [0.1, 0.15) is 6.61 Å². The number of aromatic nitrogens is 1. The van der Waals surface area contributed by atoms with Crippen molar-refractivity contribution in [1.82, 2.24) is 4.98 Å². The summed E-state index contributed by atoms with van der Waals surface area (Å²) in [6, 6.07) is 5.27. The zero-order valence-corrected chi connectivity index (χ0v) is 14.9. The number of aromatic amines is 1. The minimum atomic E-state index is -1.34. The summed E-state index contributed by atoms with van der Waals surface area (Å²) in [6.45, 7) is 7.18. The summed E-state index contributed by atoms with van der Waals surface area (Å²) < 4.78 is 10.8. The number of carboxylic acids is 1. The van der Waals surface area contributed by atoms with Crippen LogP contribution >= 0.6 is 0 Å². The number of allylic oxidation sites excluding steroid dienone is 1. The van der Waals surface area contributed by atoms with Crippen LogP contribution in [0, 0.1) is 13.8 Å². The number of benzene rings is 1. The highest BCUT2D eigenvalue weighted by Gasteiger charge is 2.16. The van der Waals surface area contributed by atoms with Crippen LogP contribution in [0.5, 0.6) is 11.5 Å². The van der Waals surface area contributed by atoms with E-state index in [4.69, 9.17) is 9.47 Å². The van der Waals surface area contributed by atoms with Gasteiger partial charge in [0.25, 0.3) is 0 Å². The molecule has 0 amide bonds. The average Bonchev–Trinajstić information content (AvgIpc) is 2.92. The van der Waals surface area contributed by atoms with Gasteiger partial charge in [-0.2, -0.15) is 0 Å². The van der Waals surface area contributed by atoms with Gasteiger partial charge >= 0.3 is 0 Å². The lowest BCUT2D eigenvalue weighted by Gasteiger charge is -2.09. The van der Waals surface area contributed by atoms with E-state index in [1.807, 2.05) is 0 Å². The molecule has 2 rings (SSSR count). The van der Waals surface area contributed by atoms with E-state index in [9.17, 15) is 14.7 Å².